The monoisotopic (exact) mass is 371 g/mol. The third kappa shape index (κ3) is 5.41. The van der Waals surface area contributed by atoms with Crippen LogP contribution in [0.3, 0.4) is 0 Å². The normalized spacial score (nSPS) is 17.1. The molecular formula is C15H21N3O6S. The summed E-state index contributed by atoms with van der Waals surface area (Å²) < 4.78 is 29.5. The molecule has 138 valence electrons. The summed E-state index contributed by atoms with van der Waals surface area (Å²) in [5, 5.41) is 8.79. The molecule has 1 fully saturated rings. The Kier molecular flexibility index (Phi) is 5.98. The summed E-state index contributed by atoms with van der Waals surface area (Å²) in [6, 6.07) is 5.43. The van der Waals surface area contributed by atoms with Gasteiger partial charge < -0.3 is 20.5 Å². The van der Waals surface area contributed by atoms with Gasteiger partial charge in [0.15, 0.2) is 0 Å². The Morgan fingerprint density at radius 1 is 1.20 bits per heavy atom. The number of carbonyl (C=O) groups excluding carboxylic acids is 1. The van der Waals surface area contributed by atoms with Crippen molar-refractivity contribution in [1.29, 1.82) is 0 Å². The van der Waals surface area contributed by atoms with Gasteiger partial charge >= 0.3 is 12.1 Å². The smallest absolute Gasteiger partial charge is 0.415 e. The molecule has 1 saturated heterocycles. The van der Waals surface area contributed by atoms with Crippen molar-refractivity contribution in [3.8, 4) is 5.75 Å². The molecule has 10 heteroatoms. The van der Waals surface area contributed by atoms with Crippen LogP contribution in [0.5, 0.6) is 5.75 Å². The standard InChI is InChI=1S/C15H21N3O6S/c1-25(22,23)18-8-6-17(7-9-18)15(21)24-12-4-2-11(3-5-12)10-13(16)14(19)20/h2-5,13H,6-10,16H2,1H3,(H,19,20)/t13-/m0/s1. The zero-order valence-electron chi connectivity index (χ0n) is 13.8. The van der Waals surface area contributed by atoms with E-state index in [0.717, 1.165) is 11.8 Å². The molecule has 2 rings (SSSR count). The lowest BCUT2D eigenvalue weighted by Crippen LogP contribution is -2.51. The third-order valence-corrected chi connectivity index (χ3v) is 5.17. The minimum absolute atomic E-state index is 0.178. The van der Waals surface area contributed by atoms with Crippen molar-refractivity contribution in [3.63, 3.8) is 0 Å². The van der Waals surface area contributed by atoms with Crippen LogP contribution in [-0.2, 0) is 21.2 Å². The summed E-state index contributed by atoms with van der Waals surface area (Å²) >= 11 is 0. The van der Waals surface area contributed by atoms with Gasteiger partial charge in [-0.05, 0) is 24.1 Å². The van der Waals surface area contributed by atoms with Crippen molar-refractivity contribution in [1.82, 2.24) is 9.21 Å². The summed E-state index contributed by atoms with van der Waals surface area (Å²) in [5.74, 6) is -0.757. The largest absolute Gasteiger partial charge is 0.480 e. The van der Waals surface area contributed by atoms with Gasteiger partial charge in [-0.2, -0.15) is 4.31 Å². The maximum absolute atomic E-state index is 12.1. The van der Waals surface area contributed by atoms with Crippen LogP contribution >= 0.6 is 0 Å². The number of ether oxygens (including phenoxy) is 1. The van der Waals surface area contributed by atoms with Crippen LogP contribution in [0.15, 0.2) is 24.3 Å². The number of rotatable bonds is 5. The van der Waals surface area contributed by atoms with Crippen molar-refractivity contribution in [2.24, 2.45) is 5.73 Å². The second-order valence-corrected chi connectivity index (χ2v) is 7.79. The van der Waals surface area contributed by atoms with Gasteiger partial charge in [-0.15, -0.1) is 0 Å². The highest BCUT2D eigenvalue weighted by atomic mass is 32.2. The fraction of sp³-hybridized carbons (Fsp3) is 0.467. The lowest BCUT2D eigenvalue weighted by Gasteiger charge is -2.32. The summed E-state index contributed by atoms with van der Waals surface area (Å²) in [6.45, 7) is 0.995. The number of amides is 1. The number of sulfonamides is 1. The molecule has 1 amide bonds. The summed E-state index contributed by atoms with van der Waals surface area (Å²) in [6.07, 6.45) is 0.763. The molecular weight excluding hydrogens is 350 g/mol. The fourth-order valence-corrected chi connectivity index (χ4v) is 3.23. The molecule has 1 atom stereocenters. The number of benzene rings is 1. The number of hydrogen-bond acceptors (Lipinski definition) is 6. The Balaban J connectivity index is 1.88. The Hall–Kier alpha value is -2.17. The molecule has 0 aromatic heterocycles. The summed E-state index contributed by atoms with van der Waals surface area (Å²) in [7, 11) is -3.25. The molecule has 1 aromatic rings. The van der Waals surface area contributed by atoms with Gasteiger partial charge in [0.1, 0.15) is 11.8 Å². The van der Waals surface area contributed by atoms with E-state index in [0.29, 0.717) is 5.75 Å². The molecule has 25 heavy (non-hydrogen) atoms. The van der Waals surface area contributed by atoms with Crippen LogP contribution in [0, 0.1) is 0 Å². The second kappa shape index (κ2) is 7.81. The Bertz CT molecular complexity index is 726. The Labute approximate surface area is 146 Å². The lowest BCUT2D eigenvalue weighted by atomic mass is 10.1. The number of carboxylic acid groups (broad SMARTS) is 1. The van der Waals surface area contributed by atoms with Gasteiger partial charge in [0.25, 0.3) is 0 Å². The van der Waals surface area contributed by atoms with E-state index in [1.165, 1.54) is 9.21 Å². The Morgan fingerprint density at radius 3 is 2.24 bits per heavy atom. The first kappa shape index (κ1) is 19.2. The SMILES string of the molecule is CS(=O)(=O)N1CCN(C(=O)Oc2ccc(C[C@H](N)C(=O)O)cc2)CC1. The van der Waals surface area contributed by atoms with Crippen molar-refractivity contribution in [2.75, 3.05) is 32.4 Å². The minimum Gasteiger partial charge on any atom is -0.480 e. The van der Waals surface area contributed by atoms with E-state index in [1.54, 1.807) is 24.3 Å². The molecule has 0 saturated carbocycles. The molecule has 1 aliphatic heterocycles. The zero-order valence-corrected chi connectivity index (χ0v) is 14.6. The van der Waals surface area contributed by atoms with E-state index in [9.17, 15) is 18.0 Å². The first-order chi connectivity index (χ1) is 11.7. The zero-order chi connectivity index (χ0) is 18.6. The fourth-order valence-electron chi connectivity index (χ4n) is 2.40. The summed E-state index contributed by atoms with van der Waals surface area (Å²) in [5.41, 5.74) is 6.19. The van der Waals surface area contributed by atoms with E-state index in [2.05, 4.69) is 0 Å². The highest BCUT2D eigenvalue weighted by molar-refractivity contribution is 7.88. The van der Waals surface area contributed by atoms with Crippen molar-refractivity contribution >= 4 is 22.1 Å². The van der Waals surface area contributed by atoms with Gasteiger partial charge in [-0.1, -0.05) is 12.1 Å². The predicted molar refractivity (Wildman–Crippen MR) is 89.8 cm³/mol. The molecule has 0 unspecified atom stereocenters. The average molecular weight is 371 g/mol. The van der Waals surface area contributed by atoms with Crippen LogP contribution in [0.1, 0.15) is 5.56 Å². The van der Waals surface area contributed by atoms with E-state index in [4.69, 9.17) is 15.6 Å². The van der Waals surface area contributed by atoms with Crippen molar-refractivity contribution < 1.29 is 27.9 Å². The number of nitrogens with two attached hydrogens (primary N) is 1. The molecule has 0 aliphatic carbocycles. The predicted octanol–water partition coefficient (Wildman–Crippen LogP) is -0.283. The molecule has 0 spiro atoms. The highest BCUT2D eigenvalue weighted by Crippen LogP contribution is 2.15. The quantitative estimate of drug-likeness (QED) is 0.728. The Morgan fingerprint density at radius 2 is 1.76 bits per heavy atom. The van der Waals surface area contributed by atoms with Gasteiger partial charge in [0.2, 0.25) is 10.0 Å². The van der Waals surface area contributed by atoms with Crippen molar-refractivity contribution in [2.45, 2.75) is 12.5 Å². The van der Waals surface area contributed by atoms with Crippen LogP contribution in [-0.4, -0.2) is 73.3 Å². The van der Waals surface area contributed by atoms with Crippen LogP contribution in [0.25, 0.3) is 0 Å². The molecule has 9 nitrogen and oxygen atoms in total. The van der Waals surface area contributed by atoms with Gasteiger partial charge in [-0.3, -0.25) is 4.79 Å². The maximum atomic E-state index is 12.1. The second-order valence-electron chi connectivity index (χ2n) is 5.81. The van der Waals surface area contributed by atoms with E-state index in [-0.39, 0.29) is 32.6 Å². The van der Waals surface area contributed by atoms with Crippen molar-refractivity contribution in [3.05, 3.63) is 29.8 Å². The first-order valence-electron chi connectivity index (χ1n) is 7.66. The van der Waals surface area contributed by atoms with Crippen LogP contribution < -0.4 is 10.5 Å². The number of piperazine rings is 1. The number of carboxylic acids is 1. The maximum Gasteiger partial charge on any atom is 0.415 e. The van der Waals surface area contributed by atoms with Gasteiger partial charge in [0.05, 0.1) is 6.26 Å². The molecule has 1 heterocycles. The summed E-state index contributed by atoms with van der Waals surface area (Å²) in [4.78, 5) is 24.3. The minimum atomic E-state index is -3.25. The first-order valence-corrected chi connectivity index (χ1v) is 9.51. The van der Waals surface area contributed by atoms with E-state index >= 15 is 0 Å². The van der Waals surface area contributed by atoms with Gasteiger partial charge in [-0.25, -0.2) is 13.2 Å². The molecule has 1 aromatic carbocycles. The number of aliphatic carboxylic acids is 1. The average Bonchev–Trinajstić information content (AvgIpc) is 2.55. The van der Waals surface area contributed by atoms with E-state index in [1.807, 2.05) is 0 Å². The molecule has 0 bridgehead atoms. The van der Waals surface area contributed by atoms with Crippen LogP contribution in [0.2, 0.25) is 0 Å². The number of carbonyl (C=O) groups is 2. The molecule has 0 radical (unpaired) electrons. The highest BCUT2D eigenvalue weighted by Gasteiger charge is 2.27. The number of hydrogen-bond donors (Lipinski definition) is 2. The lowest BCUT2D eigenvalue weighted by molar-refractivity contribution is -0.138. The third-order valence-electron chi connectivity index (χ3n) is 3.87. The number of nitrogens with zero attached hydrogens (tertiary/aromatic N) is 2. The van der Waals surface area contributed by atoms with Gasteiger partial charge in [0, 0.05) is 26.2 Å². The van der Waals surface area contributed by atoms with Crippen LogP contribution in [0.4, 0.5) is 4.79 Å². The van der Waals surface area contributed by atoms with E-state index < -0.39 is 28.1 Å². The topological polar surface area (TPSA) is 130 Å². The molecule has 3 N–H and O–H groups in total. The molecule has 1 aliphatic rings.